The summed E-state index contributed by atoms with van der Waals surface area (Å²) < 4.78 is 1.13. The van der Waals surface area contributed by atoms with Gasteiger partial charge >= 0.3 is 0 Å². The van der Waals surface area contributed by atoms with Crippen LogP contribution in [-0.4, -0.2) is 5.33 Å². The van der Waals surface area contributed by atoms with Crippen molar-refractivity contribution in [2.75, 3.05) is 5.33 Å². The molecule has 1 aromatic heterocycles. The maximum atomic E-state index is 3.52. The maximum absolute atomic E-state index is 3.52. The molecule has 0 fully saturated rings. The summed E-state index contributed by atoms with van der Waals surface area (Å²) in [5.74, 6) is 0. The molecule has 0 nitrogen and oxygen atoms in total. The Bertz CT molecular complexity index is 549. The van der Waals surface area contributed by atoms with Crippen molar-refractivity contribution in [2.24, 2.45) is 0 Å². The molecule has 0 atom stereocenters. The molecule has 0 unspecified atom stereocenters. The van der Waals surface area contributed by atoms with Crippen LogP contribution in [-0.2, 0) is 0 Å². The molecular formula is C15H14Br2S. The van der Waals surface area contributed by atoms with Gasteiger partial charge in [0.25, 0.3) is 0 Å². The molecule has 0 amide bonds. The quantitative estimate of drug-likeness (QED) is 0.536. The Labute approximate surface area is 129 Å². The lowest BCUT2D eigenvalue weighted by Crippen LogP contribution is -1.79. The highest BCUT2D eigenvalue weighted by atomic mass is 79.9. The Morgan fingerprint density at radius 1 is 1.28 bits per heavy atom. The summed E-state index contributed by atoms with van der Waals surface area (Å²) in [5, 5.41) is 0.952. The number of hydrogen-bond acceptors (Lipinski definition) is 1. The van der Waals surface area contributed by atoms with Crippen molar-refractivity contribution in [3.8, 4) is 10.4 Å². The normalized spacial score (nSPS) is 11.8. The minimum absolute atomic E-state index is 0.952. The van der Waals surface area contributed by atoms with Crippen LogP contribution in [0.15, 0.2) is 46.4 Å². The number of alkyl halides is 1. The maximum Gasteiger partial charge on any atom is 0.0349 e. The highest BCUT2D eigenvalue weighted by Crippen LogP contribution is 2.31. The second-order valence-electron chi connectivity index (χ2n) is 4.00. The highest BCUT2D eigenvalue weighted by molar-refractivity contribution is 9.10. The van der Waals surface area contributed by atoms with Crippen LogP contribution < -0.4 is 0 Å². The number of allylic oxidation sites excluding steroid dienone is 1. The first-order valence-corrected chi connectivity index (χ1v) is 8.57. The van der Waals surface area contributed by atoms with Crippen LogP contribution in [0.25, 0.3) is 16.5 Å². The van der Waals surface area contributed by atoms with Gasteiger partial charge in [-0.25, -0.2) is 0 Å². The number of thiophene rings is 1. The van der Waals surface area contributed by atoms with Gasteiger partial charge < -0.3 is 0 Å². The zero-order chi connectivity index (χ0) is 13.0. The Morgan fingerprint density at radius 3 is 2.78 bits per heavy atom. The van der Waals surface area contributed by atoms with Crippen molar-refractivity contribution in [3.63, 3.8) is 0 Å². The zero-order valence-electron chi connectivity index (χ0n) is 10.1. The van der Waals surface area contributed by atoms with Crippen molar-refractivity contribution >= 4 is 49.3 Å². The van der Waals surface area contributed by atoms with E-state index in [-0.39, 0.29) is 0 Å². The lowest BCUT2D eigenvalue weighted by atomic mass is 10.2. The second kappa shape index (κ2) is 6.69. The van der Waals surface area contributed by atoms with Crippen LogP contribution in [0, 0.1) is 0 Å². The first-order valence-electron chi connectivity index (χ1n) is 5.84. The lowest BCUT2D eigenvalue weighted by Gasteiger charge is -1.98. The molecular weight excluding hydrogens is 372 g/mol. The number of hydrogen-bond donors (Lipinski definition) is 0. The van der Waals surface area contributed by atoms with Gasteiger partial charge in [0.2, 0.25) is 0 Å². The van der Waals surface area contributed by atoms with Crippen molar-refractivity contribution in [1.82, 2.24) is 0 Å². The number of rotatable bonds is 4. The van der Waals surface area contributed by atoms with E-state index in [0.29, 0.717) is 0 Å². The molecule has 3 heteroatoms. The predicted octanol–water partition coefficient (Wildman–Crippen LogP) is 6.37. The van der Waals surface area contributed by atoms with E-state index < -0.39 is 0 Å². The van der Waals surface area contributed by atoms with Crippen molar-refractivity contribution in [2.45, 2.75) is 13.3 Å². The SMILES string of the molecule is CCC(=Cc1ccc(-c2cccc(Br)c2)s1)CBr. The molecule has 0 aliphatic carbocycles. The van der Waals surface area contributed by atoms with Crippen LogP contribution in [0.1, 0.15) is 18.2 Å². The van der Waals surface area contributed by atoms with Crippen molar-refractivity contribution < 1.29 is 0 Å². The van der Waals surface area contributed by atoms with E-state index in [1.54, 1.807) is 0 Å². The number of halogens is 2. The minimum Gasteiger partial charge on any atom is -0.136 e. The fraction of sp³-hybridized carbons (Fsp3) is 0.200. The fourth-order valence-electron chi connectivity index (χ4n) is 1.66. The number of benzene rings is 1. The van der Waals surface area contributed by atoms with Gasteiger partial charge in [-0.15, -0.1) is 11.3 Å². The third kappa shape index (κ3) is 3.56. The fourth-order valence-corrected chi connectivity index (χ4v) is 3.62. The Balaban J connectivity index is 2.28. The summed E-state index contributed by atoms with van der Waals surface area (Å²) in [6.45, 7) is 2.19. The van der Waals surface area contributed by atoms with E-state index in [2.05, 4.69) is 81.3 Å². The molecule has 94 valence electrons. The molecule has 0 spiro atoms. The van der Waals surface area contributed by atoms with E-state index in [4.69, 9.17) is 0 Å². The van der Waals surface area contributed by atoms with Gasteiger partial charge in [-0.2, -0.15) is 0 Å². The molecule has 18 heavy (non-hydrogen) atoms. The minimum atomic E-state index is 0.952. The van der Waals surface area contributed by atoms with Gasteiger partial charge in [0.1, 0.15) is 0 Å². The van der Waals surface area contributed by atoms with E-state index in [1.165, 1.54) is 20.9 Å². The molecule has 0 N–H and O–H groups in total. The van der Waals surface area contributed by atoms with Gasteiger partial charge in [-0.1, -0.05) is 56.5 Å². The molecule has 0 saturated heterocycles. The van der Waals surface area contributed by atoms with Crippen LogP contribution in [0.2, 0.25) is 0 Å². The summed E-state index contributed by atoms with van der Waals surface area (Å²) in [6, 6.07) is 12.8. The first kappa shape index (κ1) is 14.0. The molecule has 0 saturated carbocycles. The summed E-state index contributed by atoms with van der Waals surface area (Å²) in [7, 11) is 0. The van der Waals surface area contributed by atoms with Gasteiger partial charge in [-0.05, 0) is 42.3 Å². The third-order valence-electron chi connectivity index (χ3n) is 2.71. The van der Waals surface area contributed by atoms with Crippen LogP contribution >= 0.6 is 43.2 Å². The van der Waals surface area contributed by atoms with Crippen LogP contribution in [0.5, 0.6) is 0 Å². The summed E-state index contributed by atoms with van der Waals surface area (Å²) >= 11 is 8.88. The van der Waals surface area contributed by atoms with Crippen LogP contribution in [0.3, 0.4) is 0 Å². The summed E-state index contributed by atoms with van der Waals surface area (Å²) in [5.41, 5.74) is 2.70. The third-order valence-corrected chi connectivity index (χ3v) is 5.00. The lowest BCUT2D eigenvalue weighted by molar-refractivity contribution is 1.13. The molecule has 0 bridgehead atoms. The van der Waals surface area contributed by atoms with Crippen molar-refractivity contribution in [3.05, 3.63) is 51.3 Å². The van der Waals surface area contributed by atoms with Crippen molar-refractivity contribution in [1.29, 1.82) is 0 Å². The topological polar surface area (TPSA) is 0 Å². The average Bonchev–Trinajstić information content (AvgIpc) is 2.84. The van der Waals surface area contributed by atoms with Gasteiger partial charge in [0, 0.05) is 19.6 Å². The van der Waals surface area contributed by atoms with Gasteiger partial charge in [0.15, 0.2) is 0 Å². The van der Waals surface area contributed by atoms with Crippen LogP contribution in [0.4, 0.5) is 0 Å². The molecule has 0 aliphatic rings. The molecule has 2 aromatic rings. The Morgan fingerprint density at radius 2 is 2.11 bits per heavy atom. The molecule has 0 aliphatic heterocycles. The average molecular weight is 386 g/mol. The highest BCUT2D eigenvalue weighted by Gasteiger charge is 2.02. The Kier molecular flexibility index (Phi) is 5.22. The smallest absolute Gasteiger partial charge is 0.0349 e. The van der Waals surface area contributed by atoms with E-state index in [1.807, 2.05) is 11.3 Å². The summed E-state index contributed by atoms with van der Waals surface area (Å²) in [4.78, 5) is 2.63. The Hall–Kier alpha value is -0.380. The molecule has 1 heterocycles. The van der Waals surface area contributed by atoms with E-state index in [0.717, 1.165) is 16.2 Å². The zero-order valence-corrected chi connectivity index (χ0v) is 14.1. The molecule has 0 radical (unpaired) electrons. The van der Waals surface area contributed by atoms with Gasteiger partial charge in [-0.3, -0.25) is 0 Å². The van der Waals surface area contributed by atoms with E-state index in [9.17, 15) is 0 Å². The van der Waals surface area contributed by atoms with E-state index >= 15 is 0 Å². The largest absolute Gasteiger partial charge is 0.136 e. The second-order valence-corrected chi connectivity index (χ2v) is 6.59. The molecule has 2 rings (SSSR count). The standard InChI is InChI=1S/C15H14Br2S/c1-2-11(10-16)8-14-6-7-15(18-14)12-4-3-5-13(17)9-12/h3-9H,2,10H2,1H3. The predicted molar refractivity (Wildman–Crippen MR) is 89.5 cm³/mol. The van der Waals surface area contributed by atoms with Gasteiger partial charge in [0.05, 0.1) is 0 Å². The summed E-state index contributed by atoms with van der Waals surface area (Å²) in [6.07, 6.45) is 3.37. The monoisotopic (exact) mass is 384 g/mol. The first-order chi connectivity index (χ1) is 8.72. The molecule has 1 aromatic carbocycles.